The molecule has 0 bridgehead atoms. The Morgan fingerprint density at radius 3 is 2.65 bits per heavy atom. The second-order valence-corrected chi connectivity index (χ2v) is 5.83. The zero-order chi connectivity index (χ0) is 13.8. The van der Waals surface area contributed by atoms with Crippen molar-refractivity contribution in [3.05, 3.63) is 34.1 Å². The molecule has 1 aliphatic heterocycles. The Bertz CT molecular complexity index is 464. The third-order valence-electron chi connectivity index (χ3n) is 3.56. The lowest BCUT2D eigenvalue weighted by atomic mass is 9.96. The van der Waals surface area contributed by atoms with Crippen LogP contribution in [0.15, 0.2) is 22.7 Å². The molecular formula is C14H19BrClFN2O. The third kappa shape index (κ3) is 4.17. The highest BCUT2D eigenvalue weighted by Crippen LogP contribution is 2.21. The van der Waals surface area contributed by atoms with Gasteiger partial charge in [-0.1, -0.05) is 15.9 Å². The minimum absolute atomic E-state index is 0. The van der Waals surface area contributed by atoms with Gasteiger partial charge < -0.3 is 10.2 Å². The van der Waals surface area contributed by atoms with Crippen molar-refractivity contribution in [2.75, 3.05) is 26.7 Å². The first-order valence-electron chi connectivity index (χ1n) is 6.50. The summed E-state index contributed by atoms with van der Waals surface area (Å²) in [6.07, 6.45) is 1.95. The van der Waals surface area contributed by atoms with E-state index in [0.29, 0.717) is 23.5 Å². The Kier molecular flexibility index (Phi) is 6.92. The minimum atomic E-state index is -0.461. The number of benzene rings is 1. The number of rotatable bonds is 3. The first-order valence-corrected chi connectivity index (χ1v) is 7.30. The van der Waals surface area contributed by atoms with E-state index in [1.807, 2.05) is 7.05 Å². The molecule has 0 unspecified atom stereocenters. The van der Waals surface area contributed by atoms with Crippen molar-refractivity contribution < 1.29 is 9.18 Å². The summed E-state index contributed by atoms with van der Waals surface area (Å²) < 4.78 is 14.4. The number of hydrogen-bond donors (Lipinski definition) is 1. The molecule has 1 fully saturated rings. The van der Waals surface area contributed by atoms with Gasteiger partial charge in [-0.05, 0) is 50.6 Å². The number of likely N-dealkylation sites (tertiary alicyclic amines) is 1. The molecule has 0 saturated carbocycles. The fraction of sp³-hybridized carbons (Fsp3) is 0.500. The molecule has 0 radical (unpaired) electrons. The first-order chi connectivity index (χ1) is 9.11. The number of nitrogens with zero attached hydrogens (tertiary/aromatic N) is 1. The summed E-state index contributed by atoms with van der Waals surface area (Å²) >= 11 is 3.19. The maximum atomic E-state index is 13.8. The topological polar surface area (TPSA) is 32.3 Å². The lowest BCUT2D eigenvalue weighted by molar-refractivity contribution is 0.0686. The standard InChI is InChI=1S/C14H18BrFN2O.ClH/c1-17-9-10-4-6-18(7-5-10)14(19)12-3-2-11(15)8-13(12)16;/h2-3,8,10,17H,4-7,9H2,1H3;1H. The van der Waals surface area contributed by atoms with Gasteiger partial charge in [-0.3, -0.25) is 4.79 Å². The van der Waals surface area contributed by atoms with Crippen LogP contribution in [0.3, 0.4) is 0 Å². The highest BCUT2D eigenvalue weighted by molar-refractivity contribution is 9.10. The maximum Gasteiger partial charge on any atom is 0.256 e. The number of hydrogen-bond acceptors (Lipinski definition) is 2. The van der Waals surface area contributed by atoms with Crippen LogP contribution in [-0.2, 0) is 0 Å². The SMILES string of the molecule is CNCC1CCN(C(=O)c2ccc(Br)cc2F)CC1.Cl. The van der Waals surface area contributed by atoms with E-state index in [9.17, 15) is 9.18 Å². The number of carbonyl (C=O) groups is 1. The number of amides is 1. The Morgan fingerprint density at radius 2 is 2.10 bits per heavy atom. The molecule has 0 spiro atoms. The zero-order valence-electron chi connectivity index (χ0n) is 11.4. The van der Waals surface area contributed by atoms with Crippen molar-refractivity contribution in [3.8, 4) is 0 Å². The van der Waals surface area contributed by atoms with Crippen molar-refractivity contribution in [3.63, 3.8) is 0 Å². The summed E-state index contributed by atoms with van der Waals surface area (Å²) in [7, 11) is 1.94. The molecule has 6 heteroatoms. The Labute approximate surface area is 133 Å². The van der Waals surface area contributed by atoms with Crippen LogP contribution in [0, 0.1) is 11.7 Å². The normalized spacial score (nSPS) is 15.8. The van der Waals surface area contributed by atoms with Gasteiger partial charge in [-0.25, -0.2) is 4.39 Å². The predicted octanol–water partition coefficient (Wildman–Crippen LogP) is 3.08. The fourth-order valence-corrected chi connectivity index (χ4v) is 2.80. The molecule has 20 heavy (non-hydrogen) atoms. The number of carbonyl (C=O) groups excluding carboxylic acids is 1. The van der Waals surface area contributed by atoms with E-state index >= 15 is 0 Å². The Hall–Kier alpha value is -0.650. The number of halogens is 3. The van der Waals surface area contributed by atoms with Crippen LogP contribution in [0.1, 0.15) is 23.2 Å². The lowest BCUT2D eigenvalue weighted by Gasteiger charge is -2.32. The van der Waals surface area contributed by atoms with E-state index < -0.39 is 5.82 Å². The van der Waals surface area contributed by atoms with Gasteiger partial charge in [-0.15, -0.1) is 12.4 Å². The van der Waals surface area contributed by atoms with Crippen LogP contribution in [0.2, 0.25) is 0 Å². The fourth-order valence-electron chi connectivity index (χ4n) is 2.46. The van der Waals surface area contributed by atoms with Crippen molar-refractivity contribution in [2.24, 2.45) is 5.92 Å². The van der Waals surface area contributed by atoms with E-state index in [2.05, 4.69) is 21.2 Å². The van der Waals surface area contributed by atoms with Gasteiger partial charge in [0.15, 0.2) is 0 Å². The van der Waals surface area contributed by atoms with Crippen LogP contribution in [-0.4, -0.2) is 37.5 Å². The molecule has 1 aromatic carbocycles. The zero-order valence-corrected chi connectivity index (χ0v) is 13.8. The summed E-state index contributed by atoms with van der Waals surface area (Å²) in [5.41, 5.74) is 0.162. The number of piperidine rings is 1. The summed E-state index contributed by atoms with van der Waals surface area (Å²) in [6.45, 7) is 2.40. The third-order valence-corrected chi connectivity index (χ3v) is 4.05. The van der Waals surface area contributed by atoms with Crippen molar-refractivity contribution >= 4 is 34.2 Å². The van der Waals surface area contributed by atoms with Gasteiger partial charge in [0.2, 0.25) is 0 Å². The van der Waals surface area contributed by atoms with Gasteiger partial charge in [0, 0.05) is 17.6 Å². The van der Waals surface area contributed by atoms with Crippen LogP contribution in [0.4, 0.5) is 4.39 Å². The molecule has 0 atom stereocenters. The van der Waals surface area contributed by atoms with E-state index in [1.165, 1.54) is 6.07 Å². The van der Waals surface area contributed by atoms with Crippen LogP contribution in [0.25, 0.3) is 0 Å². The van der Waals surface area contributed by atoms with Gasteiger partial charge in [0.05, 0.1) is 5.56 Å². The van der Waals surface area contributed by atoms with E-state index in [4.69, 9.17) is 0 Å². The summed E-state index contributed by atoms with van der Waals surface area (Å²) in [4.78, 5) is 14.0. The molecule has 1 heterocycles. The molecule has 0 aliphatic carbocycles. The van der Waals surface area contributed by atoms with Gasteiger partial charge >= 0.3 is 0 Å². The highest BCUT2D eigenvalue weighted by Gasteiger charge is 2.24. The first kappa shape index (κ1) is 17.4. The molecule has 1 aromatic rings. The lowest BCUT2D eigenvalue weighted by Crippen LogP contribution is -2.40. The average Bonchev–Trinajstić information content (AvgIpc) is 2.39. The molecule has 1 N–H and O–H groups in total. The monoisotopic (exact) mass is 364 g/mol. The molecule has 112 valence electrons. The summed E-state index contributed by atoms with van der Waals surface area (Å²) in [6, 6.07) is 4.58. The maximum absolute atomic E-state index is 13.8. The Balaban J connectivity index is 0.00000200. The van der Waals surface area contributed by atoms with Crippen LogP contribution in [0.5, 0.6) is 0 Å². The predicted molar refractivity (Wildman–Crippen MR) is 83.9 cm³/mol. The largest absolute Gasteiger partial charge is 0.339 e. The van der Waals surface area contributed by atoms with Crippen molar-refractivity contribution in [2.45, 2.75) is 12.8 Å². The van der Waals surface area contributed by atoms with Crippen LogP contribution >= 0.6 is 28.3 Å². The summed E-state index contributed by atoms with van der Waals surface area (Å²) in [5.74, 6) is -0.0477. The highest BCUT2D eigenvalue weighted by atomic mass is 79.9. The average molecular weight is 366 g/mol. The Morgan fingerprint density at radius 1 is 1.45 bits per heavy atom. The van der Waals surface area contributed by atoms with E-state index in [0.717, 1.165) is 19.4 Å². The van der Waals surface area contributed by atoms with E-state index in [-0.39, 0.29) is 23.9 Å². The van der Waals surface area contributed by atoms with Gasteiger partial charge in [-0.2, -0.15) is 0 Å². The molecular weight excluding hydrogens is 347 g/mol. The van der Waals surface area contributed by atoms with E-state index in [1.54, 1.807) is 17.0 Å². The van der Waals surface area contributed by atoms with Gasteiger partial charge in [0.25, 0.3) is 5.91 Å². The van der Waals surface area contributed by atoms with Crippen molar-refractivity contribution in [1.82, 2.24) is 10.2 Å². The minimum Gasteiger partial charge on any atom is -0.339 e. The number of nitrogens with one attached hydrogen (secondary N) is 1. The quantitative estimate of drug-likeness (QED) is 0.893. The molecule has 1 amide bonds. The molecule has 0 aromatic heterocycles. The molecule has 2 rings (SSSR count). The second-order valence-electron chi connectivity index (χ2n) is 4.92. The van der Waals surface area contributed by atoms with Crippen molar-refractivity contribution in [1.29, 1.82) is 0 Å². The second kappa shape index (κ2) is 7.96. The molecule has 1 saturated heterocycles. The van der Waals surface area contributed by atoms with Crippen LogP contribution < -0.4 is 5.32 Å². The summed E-state index contributed by atoms with van der Waals surface area (Å²) in [5, 5.41) is 3.16. The molecule has 1 aliphatic rings. The molecule has 3 nitrogen and oxygen atoms in total. The smallest absolute Gasteiger partial charge is 0.256 e. The van der Waals surface area contributed by atoms with Gasteiger partial charge in [0.1, 0.15) is 5.82 Å².